The summed E-state index contributed by atoms with van der Waals surface area (Å²) in [4.78, 5) is 4.11. The predicted molar refractivity (Wildman–Crippen MR) is 64.7 cm³/mol. The Labute approximate surface area is 99.4 Å². The van der Waals surface area contributed by atoms with Gasteiger partial charge in [0.05, 0.1) is 6.61 Å². The number of methoxy groups -OCH3 is 1. The molecule has 0 bridgehead atoms. The summed E-state index contributed by atoms with van der Waals surface area (Å²) in [5.41, 5.74) is 1.14. The molecule has 3 nitrogen and oxygen atoms in total. The summed E-state index contributed by atoms with van der Waals surface area (Å²) in [5.74, 6) is 0. The van der Waals surface area contributed by atoms with Crippen molar-refractivity contribution in [3.8, 4) is 0 Å². The molecule has 0 saturated heterocycles. The Kier molecular flexibility index (Phi) is 4.70. The van der Waals surface area contributed by atoms with Gasteiger partial charge in [0.25, 0.3) is 0 Å². The quantitative estimate of drug-likeness (QED) is 0.894. The molecule has 1 aromatic rings. The summed E-state index contributed by atoms with van der Waals surface area (Å²) in [6.07, 6.45) is 3.64. The summed E-state index contributed by atoms with van der Waals surface area (Å²) >= 11 is 3.40. The van der Waals surface area contributed by atoms with Crippen LogP contribution < -0.4 is 5.32 Å². The van der Waals surface area contributed by atoms with Crippen LogP contribution in [0.2, 0.25) is 0 Å². The Morgan fingerprint density at radius 3 is 2.80 bits per heavy atom. The third kappa shape index (κ3) is 4.73. The number of halogens is 1. The number of nitrogens with one attached hydrogen (secondary N) is 1. The molecule has 84 valence electrons. The zero-order valence-electron chi connectivity index (χ0n) is 9.38. The van der Waals surface area contributed by atoms with E-state index in [0.29, 0.717) is 6.61 Å². The minimum Gasteiger partial charge on any atom is -0.383 e. The third-order valence-electron chi connectivity index (χ3n) is 2.04. The number of ether oxygens (including phenoxy) is 1. The fourth-order valence-electron chi connectivity index (χ4n) is 1.31. The van der Waals surface area contributed by atoms with Crippen molar-refractivity contribution in [1.82, 2.24) is 10.3 Å². The number of pyridine rings is 1. The monoisotopic (exact) mass is 272 g/mol. The molecular weight excluding hydrogens is 256 g/mol. The van der Waals surface area contributed by atoms with Gasteiger partial charge < -0.3 is 10.1 Å². The lowest BCUT2D eigenvalue weighted by molar-refractivity contribution is 0.127. The van der Waals surface area contributed by atoms with E-state index in [0.717, 1.165) is 16.6 Å². The van der Waals surface area contributed by atoms with Crippen LogP contribution in [-0.2, 0) is 11.3 Å². The lowest BCUT2D eigenvalue weighted by Crippen LogP contribution is -2.42. The van der Waals surface area contributed by atoms with E-state index >= 15 is 0 Å². The van der Waals surface area contributed by atoms with Gasteiger partial charge in [0, 0.05) is 36.1 Å². The number of aromatic nitrogens is 1. The molecule has 1 aromatic heterocycles. The normalized spacial score (nSPS) is 11.7. The standard InChI is InChI=1S/C11H17BrN2O/c1-11(2,8-15-3)14-6-9-4-10(12)7-13-5-9/h4-5,7,14H,6,8H2,1-3H3. The highest BCUT2D eigenvalue weighted by Gasteiger charge is 2.16. The van der Waals surface area contributed by atoms with Crippen molar-refractivity contribution in [3.05, 3.63) is 28.5 Å². The molecule has 0 spiro atoms. The number of hydrogen-bond acceptors (Lipinski definition) is 3. The minimum absolute atomic E-state index is 0.0168. The van der Waals surface area contributed by atoms with Crippen LogP contribution in [0.5, 0.6) is 0 Å². The maximum Gasteiger partial charge on any atom is 0.0639 e. The molecule has 0 aliphatic heterocycles. The summed E-state index contributed by atoms with van der Waals surface area (Å²) in [5, 5.41) is 3.42. The van der Waals surface area contributed by atoms with Gasteiger partial charge in [0.2, 0.25) is 0 Å². The molecule has 1 heterocycles. The summed E-state index contributed by atoms with van der Waals surface area (Å²) in [6, 6.07) is 2.06. The van der Waals surface area contributed by atoms with Crippen LogP contribution >= 0.6 is 15.9 Å². The highest BCUT2D eigenvalue weighted by molar-refractivity contribution is 9.10. The predicted octanol–water partition coefficient (Wildman–Crippen LogP) is 2.36. The Balaban J connectivity index is 2.49. The van der Waals surface area contributed by atoms with Crippen LogP contribution in [0, 0.1) is 0 Å². The second kappa shape index (κ2) is 5.58. The first kappa shape index (κ1) is 12.6. The van der Waals surface area contributed by atoms with Crippen LogP contribution in [0.1, 0.15) is 19.4 Å². The van der Waals surface area contributed by atoms with Crippen LogP contribution in [0.15, 0.2) is 22.9 Å². The van der Waals surface area contributed by atoms with Crippen molar-refractivity contribution in [2.24, 2.45) is 0 Å². The first-order valence-corrected chi connectivity index (χ1v) is 5.66. The average molecular weight is 273 g/mol. The highest BCUT2D eigenvalue weighted by Crippen LogP contribution is 2.11. The fourth-order valence-corrected chi connectivity index (χ4v) is 1.72. The molecule has 0 amide bonds. The Morgan fingerprint density at radius 2 is 2.20 bits per heavy atom. The first-order chi connectivity index (χ1) is 7.03. The van der Waals surface area contributed by atoms with E-state index in [-0.39, 0.29) is 5.54 Å². The van der Waals surface area contributed by atoms with E-state index < -0.39 is 0 Å². The van der Waals surface area contributed by atoms with Crippen molar-refractivity contribution in [2.75, 3.05) is 13.7 Å². The van der Waals surface area contributed by atoms with Gasteiger partial charge in [-0.25, -0.2) is 0 Å². The molecule has 1 rings (SSSR count). The topological polar surface area (TPSA) is 34.1 Å². The molecule has 0 atom stereocenters. The second-order valence-electron chi connectivity index (χ2n) is 4.18. The summed E-state index contributed by atoms with van der Waals surface area (Å²) < 4.78 is 6.14. The molecule has 15 heavy (non-hydrogen) atoms. The van der Waals surface area contributed by atoms with Crippen molar-refractivity contribution in [3.63, 3.8) is 0 Å². The highest BCUT2D eigenvalue weighted by atomic mass is 79.9. The van der Waals surface area contributed by atoms with Gasteiger partial charge in [0.1, 0.15) is 0 Å². The minimum atomic E-state index is -0.0168. The fraction of sp³-hybridized carbons (Fsp3) is 0.545. The van der Waals surface area contributed by atoms with Gasteiger partial charge in [-0.05, 0) is 41.4 Å². The van der Waals surface area contributed by atoms with Gasteiger partial charge in [-0.1, -0.05) is 0 Å². The van der Waals surface area contributed by atoms with Crippen molar-refractivity contribution >= 4 is 15.9 Å². The van der Waals surface area contributed by atoms with Crippen molar-refractivity contribution in [1.29, 1.82) is 0 Å². The number of hydrogen-bond donors (Lipinski definition) is 1. The van der Waals surface area contributed by atoms with Gasteiger partial charge in [-0.15, -0.1) is 0 Å². The Hall–Kier alpha value is -0.450. The van der Waals surface area contributed by atoms with Crippen LogP contribution in [-0.4, -0.2) is 24.2 Å². The van der Waals surface area contributed by atoms with Gasteiger partial charge in [-0.3, -0.25) is 4.98 Å². The van der Waals surface area contributed by atoms with E-state index in [1.807, 2.05) is 6.20 Å². The smallest absolute Gasteiger partial charge is 0.0639 e. The van der Waals surface area contributed by atoms with Crippen molar-refractivity contribution in [2.45, 2.75) is 25.9 Å². The largest absolute Gasteiger partial charge is 0.383 e. The van der Waals surface area contributed by atoms with Gasteiger partial charge in [0.15, 0.2) is 0 Å². The van der Waals surface area contributed by atoms with Crippen molar-refractivity contribution < 1.29 is 4.74 Å². The van der Waals surface area contributed by atoms with Crippen LogP contribution in [0.4, 0.5) is 0 Å². The van der Waals surface area contributed by atoms with Gasteiger partial charge >= 0.3 is 0 Å². The Morgan fingerprint density at radius 1 is 1.47 bits per heavy atom. The molecule has 1 N–H and O–H groups in total. The molecule has 0 aliphatic rings. The summed E-state index contributed by atoms with van der Waals surface area (Å²) in [7, 11) is 1.71. The molecular formula is C11H17BrN2O. The zero-order valence-corrected chi connectivity index (χ0v) is 11.0. The van der Waals surface area contributed by atoms with E-state index in [4.69, 9.17) is 4.74 Å². The van der Waals surface area contributed by atoms with E-state index in [1.54, 1.807) is 13.3 Å². The maximum absolute atomic E-state index is 5.13. The Bertz CT molecular complexity index is 315. The molecule has 4 heteroatoms. The molecule has 0 radical (unpaired) electrons. The zero-order chi connectivity index (χ0) is 11.3. The molecule has 0 unspecified atom stereocenters. The third-order valence-corrected chi connectivity index (χ3v) is 2.47. The maximum atomic E-state index is 5.13. The van der Waals surface area contributed by atoms with Gasteiger partial charge in [-0.2, -0.15) is 0 Å². The average Bonchev–Trinajstić information content (AvgIpc) is 2.15. The lowest BCUT2D eigenvalue weighted by atomic mass is 10.1. The van der Waals surface area contributed by atoms with E-state index in [9.17, 15) is 0 Å². The molecule has 0 saturated carbocycles. The number of nitrogens with zero attached hydrogens (tertiary/aromatic N) is 1. The molecule has 0 aromatic carbocycles. The van der Waals surface area contributed by atoms with Crippen LogP contribution in [0.25, 0.3) is 0 Å². The second-order valence-corrected chi connectivity index (χ2v) is 5.10. The lowest BCUT2D eigenvalue weighted by Gasteiger charge is -2.25. The first-order valence-electron chi connectivity index (χ1n) is 4.87. The van der Waals surface area contributed by atoms with Crippen LogP contribution in [0.3, 0.4) is 0 Å². The molecule has 0 fully saturated rings. The number of rotatable bonds is 5. The van der Waals surface area contributed by atoms with E-state index in [2.05, 4.69) is 46.1 Å². The van der Waals surface area contributed by atoms with E-state index in [1.165, 1.54) is 0 Å². The summed E-state index contributed by atoms with van der Waals surface area (Å²) in [6.45, 7) is 5.71. The SMILES string of the molecule is COCC(C)(C)NCc1cncc(Br)c1. The molecule has 0 aliphatic carbocycles.